The summed E-state index contributed by atoms with van der Waals surface area (Å²) < 4.78 is 2.31. The zero-order valence-corrected chi connectivity index (χ0v) is 13.5. The van der Waals surface area contributed by atoms with Gasteiger partial charge >= 0.3 is 0 Å². The van der Waals surface area contributed by atoms with Gasteiger partial charge in [0, 0.05) is 19.0 Å². The Labute approximate surface area is 133 Å². The average molecular weight is 292 g/mol. The Morgan fingerprint density at radius 3 is 2.50 bits per heavy atom. The Bertz CT molecular complexity index is 832. The van der Waals surface area contributed by atoms with Crippen LogP contribution in [0.5, 0.6) is 0 Å². The van der Waals surface area contributed by atoms with Crippen LogP contribution in [0.4, 0.5) is 0 Å². The molecule has 114 valence electrons. The number of aryl methyl sites for hydroxylation is 2. The molecule has 2 heteroatoms. The number of aromatic nitrogens is 1. The molecule has 0 saturated heterocycles. The fraction of sp³-hybridized carbons (Fsp3) is 0.200. The first-order valence-corrected chi connectivity index (χ1v) is 7.74. The van der Waals surface area contributed by atoms with E-state index in [9.17, 15) is 0 Å². The number of hydrogen-bond donors (Lipinski definition) is 1. The van der Waals surface area contributed by atoms with Gasteiger partial charge < -0.3 is 9.88 Å². The molecular formula is C20H24N2. The monoisotopic (exact) mass is 292 g/mol. The first kappa shape index (κ1) is 14.5. The van der Waals surface area contributed by atoms with Gasteiger partial charge in [0.05, 0.1) is 16.9 Å². The summed E-state index contributed by atoms with van der Waals surface area (Å²) in [4.78, 5) is 0. The first-order chi connectivity index (χ1) is 10.6. The highest BCUT2D eigenvalue weighted by molar-refractivity contribution is 5.93. The average Bonchev–Trinajstić information content (AvgIpc) is 2.82. The summed E-state index contributed by atoms with van der Waals surface area (Å²) in [5.41, 5.74) is 7.12. The van der Waals surface area contributed by atoms with Crippen LogP contribution in [0.3, 0.4) is 0 Å². The lowest BCUT2D eigenvalue weighted by molar-refractivity contribution is 0.920. The molecule has 0 bridgehead atoms. The first-order valence-electron chi connectivity index (χ1n) is 7.74. The minimum atomic E-state index is 0. The lowest BCUT2D eigenvalue weighted by atomic mass is 10.1. The van der Waals surface area contributed by atoms with Crippen molar-refractivity contribution >= 4 is 16.6 Å². The lowest BCUT2D eigenvalue weighted by Gasteiger charge is -2.14. The molecule has 0 aliphatic rings. The minimum absolute atomic E-state index is 0. The molecule has 0 aliphatic heterocycles. The van der Waals surface area contributed by atoms with Crippen LogP contribution in [0.15, 0.2) is 55.1 Å². The van der Waals surface area contributed by atoms with E-state index >= 15 is 0 Å². The molecule has 3 aromatic rings. The van der Waals surface area contributed by atoms with Crippen molar-refractivity contribution in [3.05, 3.63) is 71.9 Å². The van der Waals surface area contributed by atoms with Gasteiger partial charge in [-0.2, -0.15) is 0 Å². The summed E-state index contributed by atoms with van der Waals surface area (Å²) in [7, 11) is 0. The predicted molar refractivity (Wildman–Crippen MR) is 97.6 cm³/mol. The molecular weight excluding hydrogens is 268 g/mol. The highest BCUT2D eigenvalue weighted by Gasteiger charge is 2.18. The van der Waals surface area contributed by atoms with E-state index in [0.29, 0.717) is 0 Å². The van der Waals surface area contributed by atoms with Gasteiger partial charge in [0.1, 0.15) is 0 Å². The Morgan fingerprint density at radius 2 is 1.82 bits per heavy atom. The molecule has 3 rings (SSSR count). The molecule has 2 nitrogen and oxygen atoms in total. The standard InChI is InChI=1S/C20H22N2.H2/c1-5-21-16(4)20-15(3)19-14(2)10-9-13-18(19)22(20)17-11-7-6-8-12-17;/h6-13,21H,4-5H2,1-3H3;1H. The van der Waals surface area contributed by atoms with E-state index < -0.39 is 0 Å². The van der Waals surface area contributed by atoms with Crippen molar-refractivity contribution in [2.45, 2.75) is 20.8 Å². The maximum absolute atomic E-state index is 4.25. The third-order valence-corrected chi connectivity index (χ3v) is 4.14. The third-order valence-electron chi connectivity index (χ3n) is 4.14. The van der Waals surface area contributed by atoms with Crippen LogP contribution < -0.4 is 5.32 Å². The van der Waals surface area contributed by atoms with Crippen LogP contribution in [0.1, 0.15) is 25.2 Å². The van der Waals surface area contributed by atoms with Gasteiger partial charge in [-0.15, -0.1) is 0 Å². The van der Waals surface area contributed by atoms with Crippen molar-refractivity contribution in [1.82, 2.24) is 9.88 Å². The van der Waals surface area contributed by atoms with Gasteiger partial charge in [0.15, 0.2) is 0 Å². The van der Waals surface area contributed by atoms with Crippen LogP contribution >= 0.6 is 0 Å². The van der Waals surface area contributed by atoms with Crippen molar-refractivity contribution < 1.29 is 1.43 Å². The normalized spacial score (nSPS) is 10.9. The predicted octanol–water partition coefficient (Wildman–Crippen LogP) is 5.07. The third kappa shape index (κ3) is 2.21. The minimum Gasteiger partial charge on any atom is -0.384 e. The maximum Gasteiger partial charge on any atom is 0.0723 e. The van der Waals surface area contributed by atoms with E-state index in [1.807, 2.05) is 6.07 Å². The van der Waals surface area contributed by atoms with E-state index in [-0.39, 0.29) is 1.43 Å². The molecule has 0 saturated carbocycles. The smallest absolute Gasteiger partial charge is 0.0723 e. The summed E-state index contributed by atoms with van der Waals surface area (Å²) in [6.07, 6.45) is 0. The zero-order valence-electron chi connectivity index (χ0n) is 13.5. The number of rotatable bonds is 4. The molecule has 0 atom stereocenters. The Hall–Kier alpha value is -2.48. The summed E-state index contributed by atoms with van der Waals surface area (Å²) in [6.45, 7) is 11.6. The van der Waals surface area contributed by atoms with E-state index in [2.05, 4.69) is 79.7 Å². The van der Waals surface area contributed by atoms with Crippen molar-refractivity contribution in [2.24, 2.45) is 0 Å². The molecule has 0 aliphatic carbocycles. The summed E-state index contributed by atoms with van der Waals surface area (Å²) in [6, 6.07) is 17.0. The number of nitrogens with zero attached hydrogens (tertiary/aromatic N) is 1. The van der Waals surface area contributed by atoms with E-state index in [1.54, 1.807) is 0 Å². The van der Waals surface area contributed by atoms with Crippen molar-refractivity contribution in [3.63, 3.8) is 0 Å². The van der Waals surface area contributed by atoms with Gasteiger partial charge in [-0.3, -0.25) is 0 Å². The molecule has 0 radical (unpaired) electrons. The van der Waals surface area contributed by atoms with Crippen LogP contribution in [-0.2, 0) is 0 Å². The highest BCUT2D eigenvalue weighted by Crippen LogP contribution is 2.33. The van der Waals surface area contributed by atoms with Crippen molar-refractivity contribution in [2.75, 3.05) is 6.54 Å². The number of fused-ring (bicyclic) bond motifs is 1. The lowest BCUT2D eigenvalue weighted by Crippen LogP contribution is -2.13. The Balaban J connectivity index is 0.00000192. The molecule has 1 N–H and O–H groups in total. The number of benzene rings is 2. The Morgan fingerprint density at radius 1 is 1.09 bits per heavy atom. The maximum atomic E-state index is 4.25. The molecule has 1 heterocycles. The van der Waals surface area contributed by atoms with Crippen molar-refractivity contribution in [1.29, 1.82) is 0 Å². The number of nitrogens with one attached hydrogen (secondary N) is 1. The largest absolute Gasteiger partial charge is 0.384 e. The SMILES string of the molecule is C=C(NCC)c1c(C)c2c(C)cccc2n1-c1ccccc1.[HH]. The van der Waals surface area contributed by atoms with Crippen LogP contribution in [0, 0.1) is 13.8 Å². The molecule has 0 amide bonds. The fourth-order valence-electron chi connectivity index (χ4n) is 3.24. The van der Waals surface area contributed by atoms with E-state index in [1.165, 1.54) is 27.7 Å². The summed E-state index contributed by atoms with van der Waals surface area (Å²) in [5.74, 6) is 0. The van der Waals surface area contributed by atoms with Gasteiger partial charge in [0.2, 0.25) is 0 Å². The van der Waals surface area contributed by atoms with Gasteiger partial charge in [0.25, 0.3) is 0 Å². The topological polar surface area (TPSA) is 17.0 Å². The second-order valence-corrected chi connectivity index (χ2v) is 5.62. The molecule has 2 aromatic carbocycles. The summed E-state index contributed by atoms with van der Waals surface area (Å²) >= 11 is 0. The van der Waals surface area contributed by atoms with Gasteiger partial charge in [-0.25, -0.2) is 0 Å². The number of hydrogen-bond acceptors (Lipinski definition) is 1. The Kier molecular flexibility index (Phi) is 3.76. The van der Waals surface area contributed by atoms with Crippen LogP contribution in [0.2, 0.25) is 0 Å². The molecule has 22 heavy (non-hydrogen) atoms. The second-order valence-electron chi connectivity index (χ2n) is 5.62. The molecule has 0 spiro atoms. The quantitative estimate of drug-likeness (QED) is 0.710. The van der Waals surface area contributed by atoms with Gasteiger partial charge in [-0.05, 0) is 50.1 Å². The molecule has 1 aromatic heterocycles. The van der Waals surface area contributed by atoms with Gasteiger partial charge in [-0.1, -0.05) is 36.9 Å². The molecule has 0 fully saturated rings. The van der Waals surface area contributed by atoms with Crippen LogP contribution in [0.25, 0.3) is 22.3 Å². The van der Waals surface area contributed by atoms with E-state index in [4.69, 9.17) is 0 Å². The van der Waals surface area contributed by atoms with Crippen LogP contribution in [-0.4, -0.2) is 11.1 Å². The molecule has 0 unspecified atom stereocenters. The highest BCUT2D eigenvalue weighted by atomic mass is 15.0. The zero-order chi connectivity index (χ0) is 15.7. The summed E-state index contributed by atoms with van der Waals surface area (Å²) in [5, 5.41) is 4.70. The second kappa shape index (κ2) is 5.72. The van der Waals surface area contributed by atoms with Crippen molar-refractivity contribution in [3.8, 4) is 5.69 Å². The fourth-order valence-corrected chi connectivity index (χ4v) is 3.24. The number of para-hydroxylation sites is 1. The van der Waals surface area contributed by atoms with E-state index in [0.717, 1.165) is 17.9 Å².